The Hall–Kier alpha value is -0.710. The van der Waals surface area contributed by atoms with E-state index in [4.69, 9.17) is 16.7 Å². The van der Waals surface area contributed by atoms with Crippen molar-refractivity contribution in [3.63, 3.8) is 0 Å². The molecule has 0 unspecified atom stereocenters. The summed E-state index contributed by atoms with van der Waals surface area (Å²) < 4.78 is 0. The second kappa shape index (κ2) is 7.54. The standard InChI is InChI=1S/C11H14ClNO2S/c12-9-4-1-2-5-10(9)16-8-11(15)13-6-3-7-14/h1-2,4-5,14H,3,6-8H2,(H,13,15). The van der Waals surface area contributed by atoms with Crippen LogP contribution in [0.4, 0.5) is 0 Å². The highest BCUT2D eigenvalue weighted by Gasteiger charge is 2.04. The lowest BCUT2D eigenvalue weighted by molar-refractivity contribution is -0.118. The van der Waals surface area contributed by atoms with Gasteiger partial charge in [0.05, 0.1) is 10.8 Å². The van der Waals surface area contributed by atoms with Gasteiger partial charge in [0, 0.05) is 18.0 Å². The highest BCUT2D eigenvalue weighted by molar-refractivity contribution is 8.00. The average molecular weight is 260 g/mol. The summed E-state index contributed by atoms with van der Waals surface area (Å²) in [6, 6.07) is 7.42. The Morgan fingerprint density at radius 3 is 2.88 bits per heavy atom. The number of aliphatic hydroxyl groups excluding tert-OH is 1. The summed E-state index contributed by atoms with van der Waals surface area (Å²) in [7, 11) is 0. The molecule has 1 amide bonds. The highest BCUT2D eigenvalue weighted by atomic mass is 35.5. The zero-order valence-electron chi connectivity index (χ0n) is 8.78. The number of rotatable bonds is 6. The first-order chi connectivity index (χ1) is 7.74. The van der Waals surface area contributed by atoms with Crippen molar-refractivity contribution >= 4 is 29.3 Å². The second-order valence-corrected chi connectivity index (χ2v) is 4.57. The van der Waals surface area contributed by atoms with Crippen LogP contribution in [0.25, 0.3) is 0 Å². The van der Waals surface area contributed by atoms with Crippen LogP contribution in [-0.4, -0.2) is 29.9 Å². The van der Waals surface area contributed by atoms with Crippen molar-refractivity contribution in [3.8, 4) is 0 Å². The normalized spacial score (nSPS) is 10.1. The molecule has 0 aliphatic carbocycles. The molecule has 0 saturated heterocycles. The van der Waals surface area contributed by atoms with Gasteiger partial charge in [0.2, 0.25) is 5.91 Å². The Labute approximate surface area is 104 Å². The van der Waals surface area contributed by atoms with Gasteiger partial charge in [-0.05, 0) is 18.6 Å². The predicted octanol–water partition coefficient (Wildman–Crippen LogP) is 1.93. The smallest absolute Gasteiger partial charge is 0.230 e. The maximum atomic E-state index is 11.3. The maximum Gasteiger partial charge on any atom is 0.230 e. The maximum absolute atomic E-state index is 11.3. The van der Waals surface area contributed by atoms with E-state index < -0.39 is 0 Å². The number of halogens is 1. The van der Waals surface area contributed by atoms with Crippen molar-refractivity contribution in [3.05, 3.63) is 29.3 Å². The molecule has 0 spiro atoms. The van der Waals surface area contributed by atoms with Crippen LogP contribution in [-0.2, 0) is 4.79 Å². The molecular formula is C11H14ClNO2S. The molecule has 0 atom stereocenters. The predicted molar refractivity (Wildman–Crippen MR) is 66.9 cm³/mol. The van der Waals surface area contributed by atoms with Crippen LogP contribution < -0.4 is 5.32 Å². The Bertz CT molecular complexity index is 347. The Morgan fingerprint density at radius 2 is 2.19 bits per heavy atom. The van der Waals surface area contributed by atoms with E-state index >= 15 is 0 Å². The molecule has 16 heavy (non-hydrogen) atoms. The zero-order chi connectivity index (χ0) is 11.8. The summed E-state index contributed by atoms with van der Waals surface area (Å²) in [5.41, 5.74) is 0. The van der Waals surface area contributed by atoms with Crippen molar-refractivity contribution in [1.82, 2.24) is 5.32 Å². The van der Waals surface area contributed by atoms with E-state index in [0.717, 1.165) is 4.90 Å². The molecule has 0 bridgehead atoms. The third kappa shape index (κ3) is 4.88. The fraction of sp³-hybridized carbons (Fsp3) is 0.364. The molecule has 0 fully saturated rings. The minimum absolute atomic E-state index is 0.0432. The summed E-state index contributed by atoms with van der Waals surface area (Å²) >= 11 is 7.36. The minimum atomic E-state index is -0.0432. The SMILES string of the molecule is O=C(CSc1ccccc1Cl)NCCCO. The van der Waals surface area contributed by atoms with Crippen molar-refractivity contribution in [1.29, 1.82) is 0 Å². The molecule has 1 aromatic carbocycles. The Kier molecular flexibility index (Phi) is 6.30. The lowest BCUT2D eigenvalue weighted by Gasteiger charge is -2.05. The molecular weight excluding hydrogens is 246 g/mol. The molecule has 1 rings (SSSR count). The van der Waals surface area contributed by atoms with Gasteiger partial charge in [-0.25, -0.2) is 0 Å². The van der Waals surface area contributed by atoms with Crippen LogP contribution in [0.5, 0.6) is 0 Å². The first-order valence-electron chi connectivity index (χ1n) is 4.99. The van der Waals surface area contributed by atoms with Crippen molar-refractivity contribution < 1.29 is 9.90 Å². The van der Waals surface area contributed by atoms with Crippen LogP contribution in [0.1, 0.15) is 6.42 Å². The number of thioether (sulfide) groups is 1. The van der Waals surface area contributed by atoms with Crippen molar-refractivity contribution in [2.24, 2.45) is 0 Å². The number of hydrogen-bond donors (Lipinski definition) is 2. The second-order valence-electron chi connectivity index (χ2n) is 3.15. The van der Waals surface area contributed by atoms with Gasteiger partial charge in [-0.3, -0.25) is 4.79 Å². The molecule has 88 valence electrons. The lowest BCUT2D eigenvalue weighted by atomic mass is 10.4. The lowest BCUT2D eigenvalue weighted by Crippen LogP contribution is -2.26. The summed E-state index contributed by atoms with van der Waals surface area (Å²) in [6.07, 6.45) is 0.586. The van der Waals surface area contributed by atoms with E-state index in [-0.39, 0.29) is 12.5 Å². The van der Waals surface area contributed by atoms with Gasteiger partial charge in [-0.15, -0.1) is 11.8 Å². The number of amides is 1. The molecule has 1 aromatic rings. The fourth-order valence-corrected chi connectivity index (χ4v) is 2.13. The fourth-order valence-electron chi connectivity index (χ4n) is 1.06. The molecule has 5 heteroatoms. The molecule has 0 aliphatic rings. The van der Waals surface area contributed by atoms with Crippen LogP contribution in [0.2, 0.25) is 5.02 Å². The van der Waals surface area contributed by atoms with E-state index in [1.807, 2.05) is 18.2 Å². The van der Waals surface area contributed by atoms with Gasteiger partial charge >= 0.3 is 0 Å². The van der Waals surface area contributed by atoms with Gasteiger partial charge in [-0.2, -0.15) is 0 Å². The van der Waals surface area contributed by atoms with E-state index in [1.165, 1.54) is 11.8 Å². The van der Waals surface area contributed by atoms with E-state index in [0.29, 0.717) is 23.7 Å². The Morgan fingerprint density at radius 1 is 1.44 bits per heavy atom. The van der Waals surface area contributed by atoms with Crippen molar-refractivity contribution in [2.45, 2.75) is 11.3 Å². The zero-order valence-corrected chi connectivity index (χ0v) is 10.4. The average Bonchev–Trinajstić information content (AvgIpc) is 2.28. The number of benzene rings is 1. The molecule has 3 nitrogen and oxygen atoms in total. The summed E-state index contributed by atoms with van der Waals surface area (Å²) in [4.78, 5) is 12.2. The summed E-state index contributed by atoms with van der Waals surface area (Å²) in [6.45, 7) is 0.607. The Balaban J connectivity index is 2.29. The number of hydrogen-bond acceptors (Lipinski definition) is 3. The van der Waals surface area contributed by atoms with Gasteiger partial charge in [0.1, 0.15) is 0 Å². The topological polar surface area (TPSA) is 49.3 Å². The van der Waals surface area contributed by atoms with Crippen LogP contribution in [0.3, 0.4) is 0 Å². The summed E-state index contributed by atoms with van der Waals surface area (Å²) in [5, 5.41) is 11.9. The molecule has 0 saturated carbocycles. The minimum Gasteiger partial charge on any atom is -0.396 e. The number of carbonyl (C=O) groups excluding carboxylic acids is 1. The van der Waals surface area contributed by atoms with Gasteiger partial charge in [0.25, 0.3) is 0 Å². The third-order valence-electron chi connectivity index (χ3n) is 1.85. The van der Waals surface area contributed by atoms with Gasteiger partial charge in [0.15, 0.2) is 0 Å². The number of carbonyl (C=O) groups is 1. The van der Waals surface area contributed by atoms with Crippen LogP contribution in [0.15, 0.2) is 29.2 Å². The largest absolute Gasteiger partial charge is 0.396 e. The molecule has 0 aliphatic heterocycles. The first-order valence-corrected chi connectivity index (χ1v) is 6.35. The molecule has 0 heterocycles. The third-order valence-corrected chi connectivity index (χ3v) is 3.37. The van der Waals surface area contributed by atoms with E-state index in [1.54, 1.807) is 6.07 Å². The van der Waals surface area contributed by atoms with Crippen LogP contribution in [0, 0.1) is 0 Å². The monoisotopic (exact) mass is 259 g/mol. The first kappa shape index (κ1) is 13.4. The highest BCUT2D eigenvalue weighted by Crippen LogP contribution is 2.26. The number of nitrogens with one attached hydrogen (secondary N) is 1. The van der Waals surface area contributed by atoms with Crippen LogP contribution >= 0.6 is 23.4 Å². The summed E-state index contributed by atoms with van der Waals surface area (Å²) in [5.74, 6) is 0.299. The molecule has 0 aromatic heterocycles. The van der Waals surface area contributed by atoms with E-state index in [9.17, 15) is 4.79 Å². The molecule has 2 N–H and O–H groups in total. The van der Waals surface area contributed by atoms with Crippen molar-refractivity contribution in [2.75, 3.05) is 18.9 Å². The quantitative estimate of drug-likeness (QED) is 0.606. The molecule has 0 radical (unpaired) electrons. The van der Waals surface area contributed by atoms with Gasteiger partial charge in [-0.1, -0.05) is 23.7 Å². The van der Waals surface area contributed by atoms with Gasteiger partial charge < -0.3 is 10.4 Å². The number of aliphatic hydroxyl groups is 1. The van der Waals surface area contributed by atoms with E-state index in [2.05, 4.69) is 5.32 Å².